The predicted molar refractivity (Wildman–Crippen MR) is 90.5 cm³/mol. The number of hydrogen-bond donors (Lipinski definition) is 3. The summed E-state index contributed by atoms with van der Waals surface area (Å²) in [5, 5.41) is 15.9. The van der Waals surface area contributed by atoms with Gasteiger partial charge in [0.05, 0.1) is 17.6 Å². The maximum Gasteiger partial charge on any atom is 0.253 e. The van der Waals surface area contributed by atoms with Crippen molar-refractivity contribution in [3.63, 3.8) is 0 Å². The molecule has 0 saturated carbocycles. The lowest BCUT2D eigenvalue weighted by molar-refractivity contribution is -0.133. The molecule has 24 heavy (non-hydrogen) atoms. The molecule has 0 radical (unpaired) electrons. The van der Waals surface area contributed by atoms with Crippen LogP contribution in [0.5, 0.6) is 0 Å². The Hall–Kier alpha value is -1.92. The van der Waals surface area contributed by atoms with E-state index in [-0.39, 0.29) is 17.9 Å². The molecule has 3 N–H and O–H groups in total. The molecular formula is C18H25N3O3. The van der Waals surface area contributed by atoms with Crippen molar-refractivity contribution >= 4 is 11.8 Å². The molecule has 2 saturated heterocycles. The fraction of sp³-hybridized carbons (Fsp3) is 0.556. The van der Waals surface area contributed by atoms with Crippen LogP contribution in [-0.2, 0) is 4.79 Å². The minimum Gasteiger partial charge on any atom is -0.390 e. The molecular weight excluding hydrogens is 306 g/mol. The fourth-order valence-electron chi connectivity index (χ4n) is 3.52. The van der Waals surface area contributed by atoms with Crippen LogP contribution >= 0.6 is 0 Å². The molecule has 1 aromatic carbocycles. The highest BCUT2D eigenvalue weighted by Crippen LogP contribution is 2.31. The van der Waals surface area contributed by atoms with Gasteiger partial charge in [-0.25, -0.2) is 0 Å². The molecule has 0 aliphatic carbocycles. The largest absolute Gasteiger partial charge is 0.390 e. The van der Waals surface area contributed by atoms with Crippen LogP contribution in [-0.4, -0.2) is 60.1 Å². The summed E-state index contributed by atoms with van der Waals surface area (Å²) < 4.78 is 0. The van der Waals surface area contributed by atoms with Crippen LogP contribution < -0.4 is 10.6 Å². The summed E-state index contributed by atoms with van der Waals surface area (Å²) in [4.78, 5) is 27.2. The molecule has 130 valence electrons. The van der Waals surface area contributed by atoms with Gasteiger partial charge in [0.25, 0.3) is 5.91 Å². The first kappa shape index (κ1) is 16.9. The Labute approximate surface area is 142 Å². The standard InChI is InChI=1S/C18H25N3O3/c1-18(17(24)20-14-10-19-11-15(14)22)8-5-9-21(12-18)16(23)13-6-3-2-4-7-13/h2-4,6-7,14-15,19,22H,5,8-12H2,1H3,(H,20,24)/t14-,15+,18?/m1/s1. The maximum atomic E-state index is 12.7. The van der Waals surface area contributed by atoms with E-state index in [4.69, 9.17) is 0 Å². The van der Waals surface area contributed by atoms with Crippen LogP contribution in [0, 0.1) is 5.41 Å². The Balaban J connectivity index is 1.67. The van der Waals surface area contributed by atoms with E-state index in [2.05, 4.69) is 10.6 Å². The monoisotopic (exact) mass is 331 g/mol. The second kappa shape index (κ2) is 6.91. The van der Waals surface area contributed by atoms with Gasteiger partial charge in [-0.15, -0.1) is 0 Å². The van der Waals surface area contributed by atoms with Gasteiger partial charge in [0.1, 0.15) is 0 Å². The lowest BCUT2D eigenvalue weighted by atomic mass is 9.80. The van der Waals surface area contributed by atoms with Crippen molar-refractivity contribution in [3.8, 4) is 0 Å². The zero-order chi connectivity index (χ0) is 17.2. The molecule has 1 aromatic rings. The van der Waals surface area contributed by atoms with Crippen molar-refractivity contribution in [2.45, 2.75) is 31.9 Å². The van der Waals surface area contributed by atoms with Crippen molar-refractivity contribution in [1.82, 2.24) is 15.5 Å². The number of aliphatic hydroxyl groups is 1. The molecule has 0 spiro atoms. The summed E-state index contributed by atoms with van der Waals surface area (Å²) in [6, 6.07) is 8.92. The Morgan fingerprint density at radius 2 is 2.04 bits per heavy atom. The van der Waals surface area contributed by atoms with Gasteiger partial charge in [0, 0.05) is 31.7 Å². The molecule has 3 rings (SSSR count). The van der Waals surface area contributed by atoms with Crippen LogP contribution in [0.4, 0.5) is 0 Å². The molecule has 2 heterocycles. The van der Waals surface area contributed by atoms with E-state index in [1.165, 1.54) is 0 Å². The third-order valence-electron chi connectivity index (χ3n) is 5.05. The summed E-state index contributed by atoms with van der Waals surface area (Å²) in [7, 11) is 0. The highest BCUT2D eigenvalue weighted by Gasteiger charge is 2.41. The van der Waals surface area contributed by atoms with E-state index in [1.54, 1.807) is 17.0 Å². The number of nitrogens with zero attached hydrogens (tertiary/aromatic N) is 1. The van der Waals surface area contributed by atoms with Crippen molar-refractivity contribution in [2.75, 3.05) is 26.2 Å². The van der Waals surface area contributed by atoms with Crippen LogP contribution in [0.25, 0.3) is 0 Å². The minimum atomic E-state index is -0.620. The zero-order valence-electron chi connectivity index (χ0n) is 14.0. The number of amides is 2. The zero-order valence-corrected chi connectivity index (χ0v) is 14.0. The topological polar surface area (TPSA) is 81.7 Å². The second-order valence-electron chi connectivity index (χ2n) is 7.06. The minimum absolute atomic E-state index is 0.0307. The smallest absolute Gasteiger partial charge is 0.253 e. The highest BCUT2D eigenvalue weighted by atomic mass is 16.3. The van der Waals surface area contributed by atoms with E-state index < -0.39 is 11.5 Å². The van der Waals surface area contributed by atoms with E-state index in [1.807, 2.05) is 25.1 Å². The summed E-state index contributed by atoms with van der Waals surface area (Å²) in [5.41, 5.74) is 0.0305. The van der Waals surface area contributed by atoms with E-state index in [0.29, 0.717) is 31.7 Å². The molecule has 2 fully saturated rings. The highest BCUT2D eigenvalue weighted by molar-refractivity contribution is 5.95. The Morgan fingerprint density at radius 3 is 2.71 bits per heavy atom. The molecule has 2 aliphatic rings. The molecule has 6 heteroatoms. The number of likely N-dealkylation sites (tertiary alicyclic amines) is 1. The Kier molecular flexibility index (Phi) is 4.87. The number of benzene rings is 1. The van der Waals surface area contributed by atoms with Gasteiger partial charge >= 0.3 is 0 Å². The van der Waals surface area contributed by atoms with Gasteiger partial charge in [0.15, 0.2) is 0 Å². The van der Waals surface area contributed by atoms with Crippen LogP contribution in [0.1, 0.15) is 30.1 Å². The third kappa shape index (κ3) is 3.44. The van der Waals surface area contributed by atoms with E-state index in [9.17, 15) is 14.7 Å². The number of aliphatic hydroxyl groups excluding tert-OH is 1. The number of piperidine rings is 1. The van der Waals surface area contributed by atoms with Gasteiger partial charge in [0.2, 0.25) is 5.91 Å². The Bertz CT molecular complexity index is 607. The number of carbonyl (C=O) groups is 2. The molecule has 2 aliphatic heterocycles. The average molecular weight is 331 g/mol. The predicted octanol–water partition coefficient (Wildman–Crippen LogP) is 0.378. The van der Waals surface area contributed by atoms with Crippen LogP contribution in [0.2, 0.25) is 0 Å². The molecule has 6 nitrogen and oxygen atoms in total. The second-order valence-corrected chi connectivity index (χ2v) is 7.06. The molecule has 0 bridgehead atoms. The summed E-state index contributed by atoms with van der Waals surface area (Å²) in [6.07, 6.45) is 0.991. The first-order valence-electron chi connectivity index (χ1n) is 8.54. The quantitative estimate of drug-likeness (QED) is 0.748. The SMILES string of the molecule is CC1(C(=O)N[C@@H]2CNC[C@@H]2O)CCCN(C(=O)c2ccccc2)C1. The number of β-amino-alcohol motifs (C(OH)–C–C–N with tert-alkyl or cyclic N) is 1. The summed E-state index contributed by atoms with van der Waals surface area (Å²) in [5.74, 6) is -0.113. The number of carbonyl (C=O) groups excluding carboxylic acids is 2. The Morgan fingerprint density at radius 1 is 1.29 bits per heavy atom. The first-order valence-corrected chi connectivity index (χ1v) is 8.54. The van der Waals surface area contributed by atoms with E-state index in [0.717, 1.165) is 12.8 Å². The number of nitrogens with one attached hydrogen (secondary N) is 2. The van der Waals surface area contributed by atoms with Gasteiger partial charge in [-0.05, 0) is 31.9 Å². The third-order valence-corrected chi connectivity index (χ3v) is 5.05. The molecule has 2 amide bonds. The number of rotatable bonds is 3. The molecule has 1 unspecified atom stereocenters. The lowest BCUT2D eigenvalue weighted by Crippen LogP contribution is -2.55. The number of hydrogen-bond acceptors (Lipinski definition) is 4. The van der Waals surface area contributed by atoms with Gasteiger partial charge in [-0.2, -0.15) is 0 Å². The molecule has 3 atom stereocenters. The summed E-state index contributed by atoms with van der Waals surface area (Å²) in [6.45, 7) is 4.06. The normalized spacial score (nSPS) is 30.2. The summed E-state index contributed by atoms with van der Waals surface area (Å²) >= 11 is 0. The fourth-order valence-corrected chi connectivity index (χ4v) is 3.52. The van der Waals surface area contributed by atoms with Gasteiger partial charge in [-0.3, -0.25) is 9.59 Å². The van der Waals surface area contributed by atoms with Crippen molar-refractivity contribution in [1.29, 1.82) is 0 Å². The average Bonchev–Trinajstić information content (AvgIpc) is 3.00. The van der Waals surface area contributed by atoms with Gasteiger partial charge in [-0.1, -0.05) is 18.2 Å². The van der Waals surface area contributed by atoms with Crippen molar-refractivity contribution in [2.24, 2.45) is 5.41 Å². The maximum absolute atomic E-state index is 12.7. The molecule has 0 aromatic heterocycles. The van der Waals surface area contributed by atoms with Crippen LogP contribution in [0.15, 0.2) is 30.3 Å². The van der Waals surface area contributed by atoms with Crippen molar-refractivity contribution < 1.29 is 14.7 Å². The van der Waals surface area contributed by atoms with Crippen LogP contribution in [0.3, 0.4) is 0 Å². The van der Waals surface area contributed by atoms with Crippen molar-refractivity contribution in [3.05, 3.63) is 35.9 Å². The lowest BCUT2D eigenvalue weighted by Gasteiger charge is -2.40. The van der Waals surface area contributed by atoms with E-state index >= 15 is 0 Å². The van der Waals surface area contributed by atoms with Gasteiger partial charge < -0.3 is 20.6 Å². The first-order chi connectivity index (χ1) is 11.5.